The van der Waals surface area contributed by atoms with Crippen LogP contribution in [0.2, 0.25) is 0 Å². The number of nitriles is 1. The number of ether oxygens (including phenoxy) is 2. The molecule has 3 saturated heterocycles. The second-order valence-electron chi connectivity index (χ2n) is 11.3. The van der Waals surface area contributed by atoms with Crippen LogP contribution in [0.3, 0.4) is 0 Å². The van der Waals surface area contributed by atoms with E-state index in [9.17, 15) is 19.6 Å². The molecule has 3 aliphatic heterocycles. The Morgan fingerprint density at radius 1 is 1.14 bits per heavy atom. The average molecular weight is 603 g/mol. The monoisotopic (exact) mass is 602 g/mol. The Kier molecular flexibility index (Phi) is 8.83. The summed E-state index contributed by atoms with van der Waals surface area (Å²) < 4.78 is 26.1. The summed E-state index contributed by atoms with van der Waals surface area (Å²) in [7, 11) is 0. The van der Waals surface area contributed by atoms with E-state index in [0.717, 1.165) is 45.1 Å². The number of piperidine rings is 1. The number of piperazine rings is 1. The number of halogens is 1. The van der Waals surface area contributed by atoms with Gasteiger partial charge in [-0.3, -0.25) is 9.69 Å². The van der Waals surface area contributed by atoms with Gasteiger partial charge < -0.3 is 29.7 Å². The maximum Gasteiger partial charge on any atom is 0.251 e. The lowest BCUT2D eigenvalue weighted by molar-refractivity contribution is -0.143. The first-order valence-electron chi connectivity index (χ1n) is 14.8. The van der Waals surface area contributed by atoms with Crippen molar-refractivity contribution in [2.45, 2.75) is 37.8 Å². The molecule has 0 radical (unpaired) electrons. The minimum absolute atomic E-state index is 0.175. The van der Waals surface area contributed by atoms with E-state index in [1.807, 2.05) is 12.1 Å². The van der Waals surface area contributed by atoms with Gasteiger partial charge in [-0.1, -0.05) is 0 Å². The van der Waals surface area contributed by atoms with Crippen LogP contribution in [0.4, 0.5) is 21.7 Å². The first kappa shape index (κ1) is 29.7. The average Bonchev–Trinajstić information content (AvgIpc) is 3.02. The van der Waals surface area contributed by atoms with Crippen molar-refractivity contribution in [1.29, 1.82) is 5.26 Å². The lowest BCUT2D eigenvalue weighted by Crippen LogP contribution is -2.56. The third-order valence-corrected chi connectivity index (χ3v) is 8.30. The molecule has 3 atom stereocenters. The first-order valence-corrected chi connectivity index (χ1v) is 14.8. The number of carbonyl (C=O) groups excluding carboxylic acids is 1. The van der Waals surface area contributed by atoms with Crippen LogP contribution in [0, 0.1) is 11.3 Å². The van der Waals surface area contributed by atoms with E-state index in [1.54, 1.807) is 18.2 Å². The van der Waals surface area contributed by atoms with Crippen LogP contribution in [0.15, 0.2) is 48.8 Å². The van der Waals surface area contributed by atoms with Gasteiger partial charge in [0, 0.05) is 56.1 Å². The lowest BCUT2D eigenvalue weighted by atomic mass is 10.0. The van der Waals surface area contributed by atoms with Gasteiger partial charge in [0.2, 0.25) is 5.95 Å². The molecule has 6 rings (SSSR count). The molecular weight excluding hydrogens is 567 g/mol. The van der Waals surface area contributed by atoms with Crippen LogP contribution in [-0.4, -0.2) is 113 Å². The van der Waals surface area contributed by atoms with Crippen LogP contribution >= 0.6 is 0 Å². The quantitative estimate of drug-likeness (QED) is 0.393. The van der Waals surface area contributed by atoms with E-state index >= 15 is 0 Å². The minimum atomic E-state index is -1.46. The summed E-state index contributed by atoms with van der Waals surface area (Å²) in [4.78, 5) is 31.3. The maximum atomic E-state index is 14.9. The third-order valence-electron chi connectivity index (χ3n) is 8.30. The Morgan fingerprint density at radius 3 is 2.57 bits per heavy atom. The molecule has 1 amide bonds. The fourth-order valence-corrected chi connectivity index (χ4v) is 5.66. The maximum absolute atomic E-state index is 14.9. The summed E-state index contributed by atoms with van der Waals surface area (Å²) >= 11 is 0. The number of aliphatic hydroxyl groups is 1. The molecule has 3 fully saturated rings. The van der Waals surface area contributed by atoms with Crippen molar-refractivity contribution in [3.63, 3.8) is 0 Å². The predicted molar refractivity (Wildman–Crippen MR) is 160 cm³/mol. The van der Waals surface area contributed by atoms with E-state index in [4.69, 9.17) is 9.47 Å². The van der Waals surface area contributed by atoms with Crippen LogP contribution in [0.5, 0.6) is 5.75 Å². The molecule has 0 aliphatic carbocycles. The standard InChI is InChI=1S/C31H35FN8O4/c1-20(41)30(42)40-9-8-28(26(32)16-40)44-27-7-2-21(14-22(27)15-33)29-34-19-35-31(37-29)36-23-3-5-24(6-4-23)38-10-12-39(13-11-38)25-17-43-18-25/h2-7,14,19-20,25-26,28,41H,8-13,16-18H2,1H3,(H,34,35,36,37)/t20-,26?,28+/m1/s1. The van der Waals surface area contributed by atoms with Crippen molar-refractivity contribution in [2.24, 2.45) is 0 Å². The minimum Gasteiger partial charge on any atom is -0.486 e. The number of aromatic nitrogens is 3. The van der Waals surface area contributed by atoms with Gasteiger partial charge in [-0.25, -0.2) is 14.4 Å². The lowest BCUT2D eigenvalue weighted by Gasteiger charge is -2.43. The molecule has 3 aromatic rings. The summed E-state index contributed by atoms with van der Waals surface area (Å²) in [5.41, 5.74) is 2.79. The number of rotatable bonds is 8. The molecule has 44 heavy (non-hydrogen) atoms. The molecule has 4 heterocycles. The van der Waals surface area contributed by atoms with Crippen molar-refractivity contribution in [3.05, 3.63) is 54.4 Å². The molecule has 0 saturated carbocycles. The summed E-state index contributed by atoms with van der Waals surface area (Å²) in [5, 5.41) is 22.5. The van der Waals surface area contributed by atoms with Crippen LogP contribution in [0.1, 0.15) is 18.9 Å². The molecule has 3 aliphatic rings. The number of aliphatic hydroxyl groups excluding tert-OH is 1. The fraction of sp³-hybridized carbons (Fsp3) is 0.452. The molecule has 0 bridgehead atoms. The van der Waals surface area contributed by atoms with Crippen molar-refractivity contribution in [3.8, 4) is 23.2 Å². The largest absolute Gasteiger partial charge is 0.486 e. The smallest absolute Gasteiger partial charge is 0.251 e. The van der Waals surface area contributed by atoms with E-state index in [2.05, 4.69) is 48.3 Å². The van der Waals surface area contributed by atoms with Gasteiger partial charge in [-0.2, -0.15) is 10.2 Å². The molecule has 0 spiro atoms. The van der Waals surface area contributed by atoms with E-state index in [0.29, 0.717) is 23.4 Å². The normalized spacial score (nSPS) is 21.7. The van der Waals surface area contributed by atoms with Crippen molar-refractivity contribution in [1.82, 2.24) is 24.8 Å². The zero-order valence-corrected chi connectivity index (χ0v) is 24.5. The Bertz CT molecular complexity index is 1510. The van der Waals surface area contributed by atoms with Gasteiger partial charge in [-0.05, 0) is 49.4 Å². The number of benzene rings is 2. The van der Waals surface area contributed by atoms with E-state index < -0.39 is 24.3 Å². The van der Waals surface area contributed by atoms with Gasteiger partial charge in [0.25, 0.3) is 5.91 Å². The fourth-order valence-electron chi connectivity index (χ4n) is 5.66. The van der Waals surface area contributed by atoms with Gasteiger partial charge in [-0.15, -0.1) is 0 Å². The number of nitrogens with zero attached hydrogens (tertiary/aromatic N) is 7. The zero-order chi connectivity index (χ0) is 30.6. The predicted octanol–water partition coefficient (Wildman–Crippen LogP) is 2.37. The molecule has 1 unspecified atom stereocenters. The number of amides is 1. The van der Waals surface area contributed by atoms with Crippen molar-refractivity contribution >= 4 is 23.2 Å². The van der Waals surface area contributed by atoms with Gasteiger partial charge in [0.05, 0.1) is 31.4 Å². The Hall–Kier alpha value is -4.38. The summed E-state index contributed by atoms with van der Waals surface area (Å²) in [6, 6.07) is 15.7. The van der Waals surface area contributed by atoms with Crippen molar-refractivity contribution in [2.75, 3.05) is 62.7 Å². The molecule has 1 aromatic heterocycles. The number of hydrogen-bond donors (Lipinski definition) is 2. The summed E-state index contributed by atoms with van der Waals surface area (Å²) in [6.45, 7) is 7.15. The highest BCUT2D eigenvalue weighted by Crippen LogP contribution is 2.29. The summed E-state index contributed by atoms with van der Waals surface area (Å²) in [5.74, 6) is 0.452. The molecule has 230 valence electrons. The second kappa shape index (κ2) is 13.1. The van der Waals surface area contributed by atoms with Crippen molar-refractivity contribution < 1.29 is 23.8 Å². The van der Waals surface area contributed by atoms with Gasteiger partial charge in [0.15, 0.2) is 12.0 Å². The van der Waals surface area contributed by atoms with Gasteiger partial charge >= 0.3 is 0 Å². The second-order valence-corrected chi connectivity index (χ2v) is 11.3. The number of alkyl halides is 1. The molecule has 2 N–H and O–H groups in total. The number of anilines is 3. The van der Waals surface area contributed by atoms with Crippen LogP contribution in [0.25, 0.3) is 11.4 Å². The zero-order valence-electron chi connectivity index (χ0n) is 24.5. The SMILES string of the molecule is C[C@@H](O)C(=O)N1CC[C@H](Oc2ccc(-c3ncnc(Nc4ccc(N5CCN(C6COC6)CC5)cc4)n3)cc2C#N)C(F)C1. The highest BCUT2D eigenvalue weighted by molar-refractivity contribution is 5.80. The molecular formula is C31H35FN8O4. The molecule has 13 heteroatoms. The highest BCUT2D eigenvalue weighted by Gasteiger charge is 2.34. The number of carbonyl (C=O) groups is 1. The molecule has 12 nitrogen and oxygen atoms in total. The third kappa shape index (κ3) is 6.57. The van der Waals surface area contributed by atoms with Gasteiger partial charge in [0.1, 0.15) is 30.4 Å². The Balaban J connectivity index is 1.07. The van der Waals surface area contributed by atoms with E-state index in [-0.39, 0.29) is 30.8 Å². The number of likely N-dealkylation sites (tertiary alicyclic amines) is 1. The Morgan fingerprint density at radius 2 is 1.91 bits per heavy atom. The van der Waals surface area contributed by atoms with Crippen LogP contribution in [-0.2, 0) is 9.53 Å². The Labute approximate surface area is 255 Å². The summed E-state index contributed by atoms with van der Waals surface area (Å²) in [6.07, 6.45) is -1.83. The molecule has 2 aromatic carbocycles. The number of nitrogens with one attached hydrogen (secondary N) is 1. The van der Waals surface area contributed by atoms with E-state index in [1.165, 1.54) is 23.8 Å². The van der Waals surface area contributed by atoms with Crippen LogP contribution < -0.4 is 15.0 Å². The topological polar surface area (TPSA) is 140 Å². The number of hydrogen-bond acceptors (Lipinski definition) is 11. The highest BCUT2D eigenvalue weighted by atomic mass is 19.1. The first-order chi connectivity index (χ1) is 21.4.